The van der Waals surface area contributed by atoms with Crippen molar-refractivity contribution >= 4 is 28.4 Å². The van der Waals surface area contributed by atoms with Crippen LogP contribution in [0.1, 0.15) is 13.0 Å². The summed E-state index contributed by atoms with van der Waals surface area (Å²) in [7, 11) is 4.17. The van der Waals surface area contributed by atoms with Gasteiger partial charge < -0.3 is 14.6 Å². The highest BCUT2D eigenvalue weighted by molar-refractivity contribution is 5.96. The summed E-state index contributed by atoms with van der Waals surface area (Å²) >= 11 is 0. The highest BCUT2D eigenvalue weighted by atomic mass is 16.6. The third-order valence-electron chi connectivity index (χ3n) is 4.62. The molecule has 0 saturated heterocycles. The number of benzene rings is 1. The van der Waals surface area contributed by atoms with E-state index in [4.69, 9.17) is 4.74 Å². The van der Waals surface area contributed by atoms with Crippen molar-refractivity contribution in [2.75, 3.05) is 12.4 Å². The topological polar surface area (TPSA) is 143 Å². The number of carbonyl (C=O) groups is 1. The van der Waals surface area contributed by atoms with Crippen LogP contribution < -0.4 is 21.3 Å². The lowest BCUT2D eigenvalue weighted by Crippen LogP contribution is -2.38. The van der Waals surface area contributed by atoms with Crippen molar-refractivity contribution in [1.29, 1.82) is 0 Å². The van der Waals surface area contributed by atoms with Crippen LogP contribution in [-0.4, -0.2) is 36.6 Å². The second-order valence-corrected chi connectivity index (χ2v) is 6.34. The predicted octanol–water partition coefficient (Wildman–Crippen LogP) is 0.550. The van der Waals surface area contributed by atoms with Gasteiger partial charge in [0, 0.05) is 26.2 Å². The number of nitrogens with zero attached hydrogens (tertiary/aromatic N) is 5. The maximum Gasteiger partial charge on any atom is 0.332 e. The number of nitrogens with one attached hydrogen (secondary N) is 1. The summed E-state index contributed by atoms with van der Waals surface area (Å²) in [4.78, 5) is 51.9. The second kappa shape index (κ2) is 7.22. The lowest BCUT2D eigenvalue weighted by atomic mass is 10.2. The van der Waals surface area contributed by atoms with Crippen LogP contribution >= 0.6 is 0 Å². The van der Waals surface area contributed by atoms with Crippen LogP contribution in [0.2, 0.25) is 0 Å². The average molecular weight is 402 g/mol. The number of imidazole rings is 1. The summed E-state index contributed by atoms with van der Waals surface area (Å²) in [6, 6.07) is 2.90. The zero-order valence-corrected chi connectivity index (χ0v) is 16.1. The van der Waals surface area contributed by atoms with E-state index in [0.717, 1.165) is 4.57 Å². The molecular weight excluding hydrogens is 384 g/mol. The molecule has 12 heteroatoms. The lowest BCUT2D eigenvalue weighted by Gasteiger charge is -2.16. The molecule has 0 fully saturated rings. The van der Waals surface area contributed by atoms with Gasteiger partial charge in [-0.1, -0.05) is 0 Å². The fraction of sp³-hybridized carbons (Fsp3) is 0.294. The number of anilines is 1. The standard InChI is InChI=1S/C17H18N6O6/c1-9(15(24)19-11-7-10(23(27)28)5-6-12(11)29-4)22-8-18-14-13(22)16(25)21(3)17(26)20(14)2/h5-9H,1-4H3,(H,19,24). The number of non-ortho nitro benzene ring substituents is 1. The van der Waals surface area contributed by atoms with Crippen LogP contribution in [0.15, 0.2) is 34.1 Å². The van der Waals surface area contributed by atoms with Gasteiger partial charge >= 0.3 is 5.69 Å². The van der Waals surface area contributed by atoms with Gasteiger partial charge in [-0.15, -0.1) is 0 Å². The van der Waals surface area contributed by atoms with Crippen LogP contribution in [-0.2, 0) is 18.9 Å². The fourth-order valence-electron chi connectivity index (χ4n) is 2.93. The summed E-state index contributed by atoms with van der Waals surface area (Å²) in [5.74, 6) is -0.316. The molecule has 0 bridgehead atoms. The number of aromatic nitrogens is 4. The number of nitro benzene ring substituents is 1. The van der Waals surface area contributed by atoms with E-state index in [1.54, 1.807) is 0 Å². The highest BCUT2D eigenvalue weighted by Gasteiger charge is 2.23. The van der Waals surface area contributed by atoms with Gasteiger partial charge in [0.25, 0.3) is 11.2 Å². The van der Waals surface area contributed by atoms with Gasteiger partial charge in [0.2, 0.25) is 5.91 Å². The Labute approximate surface area is 163 Å². The molecule has 0 spiro atoms. The second-order valence-electron chi connectivity index (χ2n) is 6.34. The Bertz CT molecular complexity index is 1250. The Kier molecular flexibility index (Phi) is 4.93. The average Bonchev–Trinajstić information content (AvgIpc) is 3.15. The molecule has 1 atom stereocenters. The maximum absolute atomic E-state index is 12.8. The molecule has 12 nitrogen and oxygen atoms in total. The SMILES string of the molecule is COc1ccc([N+](=O)[O-])cc1NC(=O)C(C)n1cnc2c1c(=O)n(C)c(=O)n2C. The molecule has 29 heavy (non-hydrogen) atoms. The first kappa shape index (κ1) is 19.8. The minimum absolute atomic E-state index is 0.0863. The van der Waals surface area contributed by atoms with Crippen LogP contribution in [0.4, 0.5) is 11.4 Å². The van der Waals surface area contributed by atoms with E-state index in [9.17, 15) is 24.5 Å². The van der Waals surface area contributed by atoms with Crippen LogP contribution in [0.5, 0.6) is 5.75 Å². The van der Waals surface area contributed by atoms with Gasteiger partial charge in [-0.05, 0) is 13.0 Å². The minimum Gasteiger partial charge on any atom is -0.495 e. The molecule has 3 aromatic rings. The number of rotatable bonds is 5. The molecule has 0 aliphatic carbocycles. The van der Waals surface area contributed by atoms with Crippen molar-refractivity contribution in [3.8, 4) is 5.75 Å². The first-order valence-electron chi connectivity index (χ1n) is 8.43. The number of hydrogen-bond donors (Lipinski definition) is 1. The van der Waals surface area contributed by atoms with Crippen LogP contribution in [0.25, 0.3) is 11.2 Å². The molecule has 1 N–H and O–H groups in total. The predicted molar refractivity (Wildman–Crippen MR) is 103 cm³/mol. The molecule has 0 aliphatic rings. The van der Waals surface area contributed by atoms with E-state index in [-0.39, 0.29) is 28.3 Å². The summed E-state index contributed by atoms with van der Waals surface area (Å²) in [5.41, 5.74) is -0.998. The molecule has 3 rings (SSSR count). The van der Waals surface area contributed by atoms with E-state index in [1.807, 2.05) is 0 Å². The quantitative estimate of drug-likeness (QED) is 0.485. The molecule has 1 aromatic carbocycles. The molecule has 2 aromatic heterocycles. The number of ether oxygens (including phenoxy) is 1. The van der Waals surface area contributed by atoms with E-state index in [1.165, 1.54) is 61.8 Å². The Balaban J connectivity index is 2.03. The fourth-order valence-corrected chi connectivity index (χ4v) is 2.93. The van der Waals surface area contributed by atoms with Crippen molar-refractivity contribution < 1.29 is 14.5 Å². The van der Waals surface area contributed by atoms with Gasteiger partial charge in [0.1, 0.15) is 11.8 Å². The van der Waals surface area contributed by atoms with Gasteiger partial charge in [0.05, 0.1) is 24.0 Å². The smallest absolute Gasteiger partial charge is 0.332 e. The first-order chi connectivity index (χ1) is 13.7. The molecule has 2 heterocycles. The van der Waals surface area contributed by atoms with Crippen molar-refractivity contribution in [2.24, 2.45) is 14.1 Å². The number of hydrogen-bond acceptors (Lipinski definition) is 7. The van der Waals surface area contributed by atoms with Crippen molar-refractivity contribution in [3.63, 3.8) is 0 Å². The Morgan fingerprint density at radius 2 is 1.97 bits per heavy atom. The number of nitro groups is 1. The lowest BCUT2D eigenvalue weighted by molar-refractivity contribution is -0.384. The van der Waals surface area contributed by atoms with Gasteiger partial charge in [0.15, 0.2) is 11.2 Å². The Morgan fingerprint density at radius 1 is 1.28 bits per heavy atom. The Morgan fingerprint density at radius 3 is 2.59 bits per heavy atom. The normalized spacial score (nSPS) is 12.0. The number of aryl methyl sites for hydroxylation is 1. The van der Waals surface area contributed by atoms with Gasteiger partial charge in [-0.2, -0.15) is 0 Å². The number of carbonyl (C=O) groups excluding carboxylic acids is 1. The van der Waals surface area contributed by atoms with E-state index >= 15 is 0 Å². The molecule has 1 unspecified atom stereocenters. The number of fused-ring (bicyclic) bond motifs is 1. The summed E-state index contributed by atoms with van der Waals surface area (Å²) < 4.78 is 8.62. The number of methoxy groups -OCH3 is 1. The molecular formula is C17H18N6O6. The summed E-state index contributed by atoms with van der Waals surface area (Å²) in [6.07, 6.45) is 1.29. The maximum atomic E-state index is 12.8. The van der Waals surface area contributed by atoms with Gasteiger partial charge in [-0.25, -0.2) is 9.78 Å². The van der Waals surface area contributed by atoms with Crippen molar-refractivity contribution in [2.45, 2.75) is 13.0 Å². The minimum atomic E-state index is -0.908. The van der Waals surface area contributed by atoms with E-state index in [0.29, 0.717) is 0 Å². The number of amides is 1. The Hall–Kier alpha value is -3.96. The zero-order chi connectivity index (χ0) is 21.5. The van der Waals surface area contributed by atoms with Crippen LogP contribution in [0, 0.1) is 10.1 Å². The van der Waals surface area contributed by atoms with E-state index < -0.39 is 28.1 Å². The zero-order valence-electron chi connectivity index (χ0n) is 16.1. The largest absolute Gasteiger partial charge is 0.495 e. The van der Waals surface area contributed by atoms with Crippen LogP contribution in [0.3, 0.4) is 0 Å². The molecule has 1 amide bonds. The third-order valence-corrected chi connectivity index (χ3v) is 4.62. The first-order valence-corrected chi connectivity index (χ1v) is 8.43. The monoisotopic (exact) mass is 402 g/mol. The molecule has 152 valence electrons. The molecule has 0 saturated carbocycles. The van der Waals surface area contributed by atoms with Crippen molar-refractivity contribution in [3.05, 3.63) is 55.5 Å². The van der Waals surface area contributed by atoms with Crippen molar-refractivity contribution in [1.82, 2.24) is 18.7 Å². The summed E-state index contributed by atoms with van der Waals surface area (Å²) in [6.45, 7) is 1.53. The van der Waals surface area contributed by atoms with Gasteiger partial charge in [-0.3, -0.25) is 28.8 Å². The third kappa shape index (κ3) is 3.24. The molecule has 0 radical (unpaired) electrons. The van der Waals surface area contributed by atoms with E-state index in [2.05, 4.69) is 10.3 Å². The summed E-state index contributed by atoms with van der Waals surface area (Å²) in [5, 5.41) is 13.6. The highest BCUT2D eigenvalue weighted by Crippen LogP contribution is 2.29. The molecule has 0 aliphatic heterocycles.